The van der Waals surface area contributed by atoms with Crippen molar-refractivity contribution in [3.8, 4) is 6.07 Å². The molecule has 0 spiro atoms. The van der Waals surface area contributed by atoms with Crippen molar-refractivity contribution in [1.82, 2.24) is 10.3 Å². The molecule has 0 saturated heterocycles. The SMILES string of the molecule is CCC(CC#N)NCc1ccc2nc(C)ccc2c1. The largest absolute Gasteiger partial charge is 0.309 e. The van der Waals surface area contributed by atoms with Gasteiger partial charge in [-0.2, -0.15) is 5.26 Å². The molecule has 1 aromatic heterocycles. The highest BCUT2D eigenvalue weighted by Gasteiger charge is 2.05. The Morgan fingerprint density at radius 2 is 2.16 bits per heavy atom. The molecule has 1 aromatic carbocycles. The third-order valence-electron chi connectivity index (χ3n) is 3.32. The molecule has 0 aliphatic carbocycles. The maximum absolute atomic E-state index is 8.73. The number of aromatic nitrogens is 1. The average Bonchev–Trinajstić information content (AvgIpc) is 2.43. The third kappa shape index (κ3) is 3.52. The second kappa shape index (κ2) is 6.31. The van der Waals surface area contributed by atoms with Crippen LogP contribution >= 0.6 is 0 Å². The molecule has 3 nitrogen and oxygen atoms in total. The highest BCUT2D eigenvalue weighted by molar-refractivity contribution is 5.79. The predicted octanol–water partition coefficient (Wildman–Crippen LogP) is 3.33. The number of nitrogens with one attached hydrogen (secondary N) is 1. The van der Waals surface area contributed by atoms with E-state index in [4.69, 9.17) is 5.26 Å². The highest BCUT2D eigenvalue weighted by Crippen LogP contribution is 2.15. The third-order valence-corrected chi connectivity index (χ3v) is 3.32. The van der Waals surface area contributed by atoms with Crippen molar-refractivity contribution >= 4 is 10.9 Å². The van der Waals surface area contributed by atoms with Crippen LogP contribution < -0.4 is 5.32 Å². The minimum atomic E-state index is 0.275. The Kier molecular flexibility index (Phi) is 4.48. The second-order valence-electron chi connectivity index (χ2n) is 4.83. The van der Waals surface area contributed by atoms with Crippen LogP contribution in [0.3, 0.4) is 0 Å². The number of hydrogen-bond donors (Lipinski definition) is 1. The summed E-state index contributed by atoms with van der Waals surface area (Å²) in [4.78, 5) is 4.49. The smallest absolute Gasteiger partial charge is 0.0705 e. The van der Waals surface area contributed by atoms with Crippen LogP contribution in [0, 0.1) is 18.3 Å². The minimum absolute atomic E-state index is 0.275. The molecule has 1 atom stereocenters. The maximum atomic E-state index is 8.73. The molecule has 0 saturated carbocycles. The van der Waals surface area contributed by atoms with E-state index >= 15 is 0 Å². The van der Waals surface area contributed by atoms with Gasteiger partial charge in [-0.05, 0) is 37.1 Å². The van der Waals surface area contributed by atoms with Gasteiger partial charge in [0.05, 0.1) is 18.0 Å². The van der Waals surface area contributed by atoms with E-state index in [0.717, 1.165) is 24.2 Å². The minimum Gasteiger partial charge on any atom is -0.309 e. The standard InChI is InChI=1S/C16H19N3/c1-3-15(8-9-17)18-11-13-5-7-16-14(10-13)6-4-12(2)19-16/h4-7,10,15,18H,3,8,11H2,1-2H3. The zero-order chi connectivity index (χ0) is 13.7. The first-order valence-corrected chi connectivity index (χ1v) is 6.69. The molecule has 1 heterocycles. The van der Waals surface area contributed by atoms with E-state index in [1.165, 1.54) is 10.9 Å². The van der Waals surface area contributed by atoms with Crippen LogP contribution in [0.5, 0.6) is 0 Å². The highest BCUT2D eigenvalue weighted by atomic mass is 14.9. The Morgan fingerprint density at radius 1 is 1.32 bits per heavy atom. The van der Waals surface area contributed by atoms with Gasteiger partial charge < -0.3 is 5.32 Å². The quantitative estimate of drug-likeness (QED) is 0.889. The molecule has 0 aliphatic heterocycles. The van der Waals surface area contributed by atoms with Crippen molar-refractivity contribution in [1.29, 1.82) is 5.26 Å². The molecule has 98 valence electrons. The Morgan fingerprint density at radius 3 is 2.89 bits per heavy atom. The average molecular weight is 253 g/mol. The molecule has 1 N–H and O–H groups in total. The van der Waals surface area contributed by atoms with Gasteiger partial charge in [0, 0.05) is 23.7 Å². The van der Waals surface area contributed by atoms with Crippen LogP contribution in [0.2, 0.25) is 0 Å². The Bertz CT molecular complexity index is 598. The van der Waals surface area contributed by atoms with E-state index in [0.29, 0.717) is 6.42 Å². The van der Waals surface area contributed by atoms with Crippen molar-refractivity contribution in [2.24, 2.45) is 0 Å². The van der Waals surface area contributed by atoms with Gasteiger partial charge in [0.1, 0.15) is 0 Å². The van der Waals surface area contributed by atoms with Crippen molar-refractivity contribution in [2.45, 2.75) is 39.3 Å². The first-order chi connectivity index (χ1) is 9.22. The van der Waals surface area contributed by atoms with Gasteiger partial charge in [-0.15, -0.1) is 0 Å². The number of fused-ring (bicyclic) bond motifs is 1. The number of aryl methyl sites for hydroxylation is 1. The fourth-order valence-corrected chi connectivity index (χ4v) is 2.12. The summed E-state index contributed by atoms with van der Waals surface area (Å²) in [5.41, 5.74) is 3.31. The molecular weight excluding hydrogens is 234 g/mol. The molecule has 2 aromatic rings. The van der Waals surface area contributed by atoms with E-state index in [9.17, 15) is 0 Å². The molecule has 1 unspecified atom stereocenters. The zero-order valence-electron chi connectivity index (χ0n) is 11.5. The van der Waals surface area contributed by atoms with Crippen molar-refractivity contribution in [3.63, 3.8) is 0 Å². The summed E-state index contributed by atoms with van der Waals surface area (Å²) in [6.07, 6.45) is 1.53. The molecule has 0 fully saturated rings. The summed E-state index contributed by atoms with van der Waals surface area (Å²) in [7, 11) is 0. The fourth-order valence-electron chi connectivity index (χ4n) is 2.12. The normalized spacial score (nSPS) is 12.3. The fraction of sp³-hybridized carbons (Fsp3) is 0.375. The van der Waals surface area contributed by atoms with Gasteiger partial charge in [0.15, 0.2) is 0 Å². The summed E-state index contributed by atoms with van der Waals surface area (Å²) < 4.78 is 0. The number of rotatable bonds is 5. The molecule has 2 rings (SSSR count). The van der Waals surface area contributed by atoms with E-state index < -0.39 is 0 Å². The van der Waals surface area contributed by atoms with Crippen LogP contribution in [0.4, 0.5) is 0 Å². The van der Waals surface area contributed by atoms with E-state index in [2.05, 4.69) is 47.6 Å². The summed E-state index contributed by atoms with van der Waals surface area (Å²) in [6, 6.07) is 12.9. The van der Waals surface area contributed by atoms with Crippen LogP contribution in [0.1, 0.15) is 31.0 Å². The lowest BCUT2D eigenvalue weighted by Gasteiger charge is -2.13. The lowest BCUT2D eigenvalue weighted by atomic mass is 10.1. The molecular formula is C16H19N3. The number of hydrogen-bond acceptors (Lipinski definition) is 3. The predicted molar refractivity (Wildman–Crippen MR) is 77.6 cm³/mol. The zero-order valence-corrected chi connectivity index (χ0v) is 11.5. The lowest BCUT2D eigenvalue weighted by molar-refractivity contribution is 0.505. The van der Waals surface area contributed by atoms with Crippen LogP contribution in [-0.2, 0) is 6.54 Å². The van der Waals surface area contributed by atoms with Gasteiger partial charge in [0.25, 0.3) is 0 Å². The van der Waals surface area contributed by atoms with Gasteiger partial charge >= 0.3 is 0 Å². The monoisotopic (exact) mass is 253 g/mol. The summed E-state index contributed by atoms with van der Waals surface area (Å²) in [5.74, 6) is 0. The second-order valence-corrected chi connectivity index (χ2v) is 4.83. The van der Waals surface area contributed by atoms with Crippen molar-refractivity contribution in [2.75, 3.05) is 0 Å². The molecule has 0 aliphatic rings. The van der Waals surface area contributed by atoms with Gasteiger partial charge in [-0.1, -0.05) is 19.1 Å². The Balaban J connectivity index is 2.09. The maximum Gasteiger partial charge on any atom is 0.0705 e. The van der Waals surface area contributed by atoms with Gasteiger partial charge in [-0.3, -0.25) is 4.98 Å². The first kappa shape index (κ1) is 13.5. The number of nitrogens with zero attached hydrogens (tertiary/aromatic N) is 2. The number of pyridine rings is 1. The Labute approximate surface area is 114 Å². The summed E-state index contributed by atoms with van der Waals surface area (Å²) >= 11 is 0. The van der Waals surface area contributed by atoms with E-state index in [1.807, 2.05) is 13.0 Å². The molecule has 19 heavy (non-hydrogen) atoms. The molecule has 0 amide bonds. The topological polar surface area (TPSA) is 48.7 Å². The Hall–Kier alpha value is -1.92. The molecule has 0 radical (unpaired) electrons. The first-order valence-electron chi connectivity index (χ1n) is 6.69. The molecule has 3 heteroatoms. The van der Waals surface area contributed by atoms with Gasteiger partial charge in [-0.25, -0.2) is 0 Å². The van der Waals surface area contributed by atoms with E-state index in [1.54, 1.807) is 0 Å². The van der Waals surface area contributed by atoms with Crippen molar-refractivity contribution in [3.05, 3.63) is 41.6 Å². The van der Waals surface area contributed by atoms with Gasteiger partial charge in [0.2, 0.25) is 0 Å². The van der Waals surface area contributed by atoms with Crippen LogP contribution in [-0.4, -0.2) is 11.0 Å². The summed E-state index contributed by atoms with van der Waals surface area (Å²) in [6.45, 7) is 4.90. The number of nitriles is 1. The van der Waals surface area contributed by atoms with E-state index in [-0.39, 0.29) is 6.04 Å². The number of benzene rings is 1. The van der Waals surface area contributed by atoms with Crippen LogP contribution in [0.15, 0.2) is 30.3 Å². The van der Waals surface area contributed by atoms with Crippen LogP contribution in [0.25, 0.3) is 10.9 Å². The van der Waals surface area contributed by atoms with Crippen molar-refractivity contribution < 1.29 is 0 Å². The summed E-state index contributed by atoms with van der Waals surface area (Å²) in [5, 5.41) is 13.3. The molecule has 0 bridgehead atoms. The lowest BCUT2D eigenvalue weighted by Crippen LogP contribution is -2.27.